The summed E-state index contributed by atoms with van der Waals surface area (Å²) in [5, 5.41) is 9.83. The van der Waals surface area contributed by atoms with E-state index >= 15 is 0 Å². The first kappa shape index (κ1) is 30.1. The van der Waals surface area contributed by atoms with Crippen molar-refractivity contribution in [3.63, 3.8) is 0 Å². The summed E-state index contributed by atoms with van der Waals surface area (Å²) in [6.45, 7) is -0.935. The highest BCUT2D eigenvalue weighted by molar-refractivity contribution is 7.92. The summed E-state index contributed by atoms with van der Waals surface area (Å²) in [4.78, 5) is 29.4. The third-order valence-corrected chi connectivity index (χ3v) is 10.3. The summed E-state index contributed by atoms with van der Waals surface area (Å²) >= 11 is 5.83. The van der Waals surface area contributed by atoms with Gasteiger partial charge in [-0.1, -0.05) is 17.7 Å². The third kappa shape index (κ3) is 5.19. The summed E-state index contributed by atoms with van der Waals surface area (Å²) in [6, 6.07) is 5.21. The molecule has 2 atom stereocenters. The van der Waals surface area contributed by atoms with Gasteiger partial charge < -0.3 is 10.2 Å². The van der Waals surface area contributed by atoms with Gasteiger partial charge in [-0.15, -0.1) is 0 Å². The normalized spacial score (nSPS) is 22.8. The van der Waals surface area contributed by atoms with E-state index in [9.17, 15) is 49.6 Å². The molecule has 8 nitrogen and oxygen atoms in total. The van der Waals surface area contributed by atoms with Crippen molar-refractivity contribution in [3.8, 4) is 17.2 Å². The van der Waals surface area contributed by atoms with Crippen molar-refractivity contribution in [1.29, 1.82) is 5.26 Å². The highest BCUT2D eigenvalue weighted by Crippen LogP contribution is 2.59. The van der Waals surface area contributed by atoms with Gasteiger partial charge in [0.25, 0.3) is 0 Å². The number of carbonyl (C=O) groups excluding carboxylic acids is 2. The molecule has 2 heterocycles. The van der Waals surface area contributed by atoms with Crippen molar-refractivity contribution >= 4 is 33.3 Å². The lowest BCUT2D eigenvalue weighted by Gasteiger charge is -2.29. The smallest absolute Gasteiger partial charge is 0.336 e. The second-order valence-electron chi connectivity index (χ2n) is 10.7. The number of rotatable bonds is 6. The largest absolute Gasteiger partial charge is 0.417 e. The van der Waals surface area contributed by atoms with E-state index in [4.69, 9.17) is 11.6 Å². The van der Waals surface area contributed by atoms with E-state index in [0.717, 1.165) is 12.1 Å². The third-order valence-electron chi connectivity index (χ3n) is 7.94. The van der Waals surface area contributed by atoms with Crippen LogP contribution in [0, 0.1) is 16.7 Å². The summed E-state index contributed by atoms with van der Waals surface area (Å²) in [5.41, 5.74) is -5.44. The number of pyridine rings is 1. The molecule has 224 valence electrons. The molecule has 0 radical (unpaired) electrons. The van der Waals surface area contributed by atoms with Gasteiger partial charge in [-0.05, 0) is 67.5 Å². The van der Waals surface area contributed by atoms with Crippen LogP contribution in [0.15, 0.2) is 41.4 Å². The van der Waals surface area contributed by atoms with Gasteiger partial charge in [-0.2, -0.15) is 31.6 Å². The Morgan fingerprint density at radius 2 is 1.69 bits per heavy atom. The van der Waals surface area contributed by atoms with Crippen LogP contribution in [-0.2, 0) is 25.6 Å². The van der Waals surface area contributed by atoms with Crippen molar-refractivity contribution in [3.05, 3.63) is 47.2 Å². The van der Waals surface area contributed by atoms with E-state index in [1.54, 1.807) is 0 Å². The maximum absolute atomic E-state index is 14.2. The van der Waals surface area contributed by atoms with Crippen LogP contribution in [0.25, 0.3) is 11.1 Å². The molecule has 2 aromatic rings. The maximum atomic E-state index is 14.2. The molecule has 1 saturated heterocycles. The van der Waals surface area contributed by atoms with Gasteiger partial charge in [-0.3, -0.25) is 9.59 Å². The number of hydrogen-bond acceptors (Lipinski definition) is 6. The molecule has 0 bridgehead atoms. The standard InChI is InChI=1S/C26H21ClF6N4O4S/c27-20-10-15(3-8-35-20)14-1-2-19(17(9-14)25(28,29)30)42(40,41)16-11-18(21(38)36-23(13-34)4-5-23)37(12-16)22(39)24(6-7-24)26(31,32)33/h1-3,8-10,16,18H,4-7,11-12H2,(H,36,38). The van der Waals surface area contributed by atoms with Crippen molar-refractivity contribution in [2.75, 3.05) is 6.54 Å². The van der Waals surface area contributed by atoms with Crippen LogP contribution >= 0.6 is 11.6 Å². The number of benzene rings is 1. The van der Waals surface area contributed by atoms with Crippen LogP contribution in [0.2, 0.25) is 5.15 Å². The number of nitriles is 1. The van der Waals surface area contributed by atoms with Crippen LogP contribution in [-0.4, -0.2) is 59.7 Å². The minimum atomic E-state index is -5.17. The lowest BCUT2D eigenvalue weighted by atomic mass is 10.0. The van der Waals surface area contributed by atoms with Gasteiger partial charge in [0.05, 0.1) is 21.8 Å². The fourth-order valence-electron chi connectivity index (χ4n) is 5.16. The molecule has 1 aromatic heterocycles. The first-order valence-corrected chi connectivity index (χ1v) is 14.5. The second-order valence-corrected chi connectivity index (χ2v) is 13.3. The van der Waals surface area contributed by atoms with E-state index in [-0.39, 0.29) is 29.1 Å². The van der Waals surface area contributed by atoms with Crippen LogP contribution in [0.1, 0.15) is 37.7 Å². The molecule has 5 rings (SSSR count). The van der Waals surface area contributed by atoms with Crippen LogP contribution in [0.4, 0.5) is 26.3 Å². The number of hydrogen-bond donors (Lipinski definition) is 1. The molecule has 2 aliphatic carbocycles. The molecule has 2 saturated carbocycles. The van der Waals surface area contributed by atoms with Crippen LogP contribution in [0.3, 0.4) is 0 Å². The molecule has 16 heteroatoms. The molecule has 3 fully saturated rings. The highest BCUT2D eigenvalue weighted by Gasteiger charge is 2.70. The number of aromatic nitrogens is 1. The van der Waals surface area contributed by atoms with Crippen molar-refractivity contribution in [1.82, 2.24) is 15.2 Å². The molecule has 1 aliphatic heterocycles. The van der Waals surface area contributed by atoms with Crippen LogP contribution in [0.5, 0.6) is 0 Å². The second kappa shape index (κ2) is 9.84. The van der Waals surface area contributed by atoms with Gasteiger partial charge in [0.15, 0.2) is 9.84 Å². The predicted molar refractivity (Wildman–Crippen MR) is 134 cm³/mol. The molecule has 0 spiro atoms. The Bertz CT molecular complexity index is 1610. The molecule has 2 unspecified atom stereocenters. The van der Waals surface area contributed by atoms with Gasteiger partial charge in [0, 0.05) is 12.7 Å². The zero-order valence-corrected chi connectivity index (χ0v) is 23.0. The minimum absolute atomic E-state index is 0.0190. The number of nitrogens with zero attached hydrogens (tertiary/aromatic N) is 3. The lowest BCUT2D eigenvalue weighted by molar-refractivity contribution is -0.199. The van der Waals surface area contributed by atoms with Gasteiger partial charge in [0.1, 0.15) is 22.1 Å². The first-order valence-electron chi connectivity index (χ1n) is 12.6. The molecule has 42 heavy (non-hydrogen) atoms. The van der Waals surface area contributed by atoms with E-state index < -0.39 is 92.5 Å². The van der Waals surface area contributed by atoms with Gasteiger partial charge in [-0.25, -0.2) is 13.4 Å². The van der Waals surface area contributed by atoms with E-state index in [1.807, 2.05) is 6.07 Å². The Morgan fingerprint density at radius 1 is 1.05 bits per heavy atom. The van der Waals surface area contributed by atoms with E-state index in [1.165, 1.54) is 18.3 Å². The fraction of sp³-hybridized carbons (Fsp3) is 0.462. The first-order chi connectivity index (χ1) is 19.4. The maximum Gasteiger partial charge on any atom is 0.417 e. The summed E-state index contributed by atoms with van der Waals surface area (Å²) in [6.07, 6.45) is -10.3. The number of halogens is 7. The minimum Gasteiger partial charge on any atom is -0.336 e. The fourth-order valence-corrected chi connectivity index (χ4v) is 7.23. The van der Waals surface area contributed by atoms with E-state index in [2.05, 4.69) is 10.3 Å². The van der Waals surface area contributed by atoms with Crippen LogP contribution < -0.4 is 5.32 Å². The molecule has 2 amide bonds. The molecule has 1 N–H and O–H groups in total. The average Bonchev–Trinajstić information content (AvgIpc) is 3.83. The number of likely N-dealkylation sites (tertiary alicyclic amines) is 1. The van der Waals surface area contributed by atoms with Gasteiger partial charge in [0.2, 0.25) is 11.8 Å². The molecular weight excluding hydrogens is 614 g/mol. The monoisotopic (exact) mass is 634 g/mol. The van der Waals surface area contributed by atoms with Crippen molar-refractivity contribution < 1.29 is 44.3 Å². The Hall–Kier alpha value is -3.38. The highest BCUT2D eigenvalue weighted by atomic mass is 35.5. The molecule has 1 aromatic carbocycles. The van der Waals surface area contributed by atoms with Crippen molar-refractivity contribution in [2.24, 2.45) is 5.41 Å². The summed E-state index contributed by atoms with van der Waals surface area (Å²) in [7, 11) is -4.97. The topological polar surface area (TPSA) is 120 Å². The number of carbonyl (C=O) groups is 2. The average molecular weight is 635 g/mol. The quantitative estimate of drug-likeness (QED) is 0.364. The van der Waals surface area contributed by atoms with Crippen molar-refractivity contribution in [2.45, 2.75) is 66.2 Å². The number of nitrogens with one attached hydrogen (secondary N) is 1. The Balaban J connectivity index is 1.53. The molecule has 3 aliphatic rings. The Morgan fingerprint density at radius 3 is 2.21 bits per heavy atom. The van der Waals surface area contributed by atoms with Gasteiger partial charge >= 0.3 is 12.4 Å². The Labute approximate surface area is 240 Å². The number of sulfone groups is 1. The number of alkyl halides is 6. The summed E-state index contributed by atoms with van der Waals surface area (Å²) < 4.78 is 111. The zero-order chi connectivity index (χ0) is 30.9. The predicted octanol–water partition coefficient (Wildman–Crippen LogP) is 4.68. The SMILES string of the molecule is N#CC1(NC(=O)C2CC(S(=O)(=O)c3ccc(-c4ccnc(Cl)c4)cc3C(F)(F)F)CN2C(=O)C2(C(F)(F)F)CC2)CC1. The Kier molecular flexibility index (Phi) is 7.05. The van der Waals surface area contributed by atoms with E-state index in [0.29, 0.717) is 11.0 Å². The lowest BCUT2D eigenvalue weighted by Crippen LogP contribution is -2.53. The zero-order valence-electron chi connectivity index (χ0n) is 21.4. The number of amides is 2. The molecular formula is C26H21ClF6N4O4S. The summed E-state index contributed by atoms with van der Waals surface area (Å²) in [5.74, 6) is -2.56.